The number of anilines is 3. The summed E-state index contributed by atoms with van der Waals surface area (Å²) in [6, 6.07) is 17.4. The lowest BCUT2D eigenvalue weighted by atomic mass is 10.00. The zero-order valence-electron chi connectivity index (χ0n) is 23.9. The molecule has 5 aromatic rings. The van der Waals surface area contributed by atoms with E-state index in [1.807, 2.05) is 39.0 Å². The molecule has 0 unspecified atom stereocenters. The number of pyridine rings is 1. The highest BCUT2D eigenvalue weighted by molar-refractivity contribution is 6.14. The molecule has 0 atom stereocenters. The third kappa shape index (κ3) is 5.34. The van der Waals surface area contributed by atoms with Crippen molar-refractivity contribution in [2.24, 2.45) is 0 Å². The Morgan fingerprint density at radius 2 is 1.74 bits per heavy atom. The van der Waals surface area contributed by atoms with Crippen molar-refractivity contribution in [2.45, 2.75) is 20.8 Å². The number of aromatic carboxylic acids is 1. The molecule has 214 valence electrons. The number of benzene rings is 3. The predicted molar refractivity (Wildman–Crippen MR) is 160 cm³/mol. The first kappa shape index (κ1) is 28.2. The van der Waals surface area contributed by atoms with Gasteiger partial charge in [-0.15, -0.1) is 0 Å². The van der Waals surface area contributed by atoms with Gasteiger partial charge in [0.15, 0.2) is 0 Å². The van der Waals surface area contributed by atoms with Gasteiger partial charge in [0.2, 0.25) is 0 Å². The molecule has 0 saturated carbocycles. The number of aryl methyl sites for hydroxylation is 2. The summed E-state index contributed by atoms with van der Waals surface area (Å²) in [5.74, 6) is 0.414. The van der Waals surface area contributed by atoms with Crippen LogP contribution in [-0.4, -0.2) is 47.9 Å². The largest absolute Gasteiger partial charge is 0.497 e. The van der Waals surface area contributed by atoms with E-state index in [4.69, 9.17) is 14.0 Å². The number of carbonyl (C=O) groups is 2. The number of nitrogens with zero attached hydrogens (tertiary/aromatic N) is 3. The third-order valence-electron chi connectivity index (χ3n) is 7.01. The Balaban J connectivity index is 1.67. The predicted octanol–water partition coefficient (Wildman–Crippen LogP) is 6.63. The Hall–Kier alpha value is -5.38. The summed E-state index contributed by atoms with van der Waals surface area (Å²) in [5.41, 5.74) is 5.16. The number of methoxy groups -OCH3 is 2. The van der Waals surface area contributed by atoms with E-state index in [1.165, 1.54) is 18.3 Å². The Morgan fingerprint density at radius 1 is 1.00 bits per heavy atom. The highest BCUT2D eigenvalue weighted by atomic mass is 16.5. The summed E-state index contributed by atoms with van der Waals surface area (Å²) < 4.78 is 16.2. The number of nitrogens with one attached hydrogen (secondary N) is 1. The lowest BCUT2D eigenvalue weighted by Gasteiger charge is -2.24. The molecule has 1 amide bonds. The van der Waals surface area contributed by atoms with Crippen LogP contribution in [0.3, 0.4) is 0 Å². The summed E-state index contributed by atoms with van der Waals surface area (Å²) in [6.45, 7) is 5.95. The van der Waals surface area contributed by atoms with Crippen LogP contribution in [0, 0.1) is 13.8 Å². The van der Waals surface area contributed by atoms with Crippen molar-refractivity contribution in [3.63, 3.8) is 0 Å². The van der Waals surface area contributed by atoms with Crippen LogP contribution >= 0.6 is 0 Å². The van der Waals surface area contributed by atoms with Gasteiger partial charge in [-0.2, -0.15) is 0 Å². The molecule has 0 spiro atoms. The van der Waals surface area contributed by atoms with Crippen LogP contribution in [0.1, 0.15) is 39.1 Å². The molecular formula is C32H30N4O6. The Bertz CT molecular complexity index is 1770. The van der Waals surface area contributed by atoms with Gasteiger partial charge < -0.3 is 29.3 Å². The van der Waals surface area contributed by atoms with Crippen molar-refractivity contribution < 1.29 is 28.7 Å². The number of fused-ring (bicyclic) bond motifs is 1. The zero-order chi connectivity index (χ0) is 30.0. The highest BCUT2D eigenvalue weighted by Crippen LogP contribution is 2.36. The van der Waals surface area contributed by atoms with Crippen LogP contribution in [-0.2, 0) is 0 Å². The molecule has 0 aliphatic heterocycles. The number of hydrogen-bond acceptors (Lipinski definition) is 8. The van der Waals surface area contributed by atoms with Gasteiger partial charge >= 0.3 is 5.97 Å². The fourth-order valence-corrected chi connectivity index (χ4v) is 4.95. The minimum Gasteiger partial charge on any atom is -0.497 e. The molecule has 0 bridgehead atoms. The average Bonchev–Trinajstić information content (AvgIpc) is 3.34. The molecule has 0 aliphatic carbocycles. The molecule has 5 rings (SSSR count). The van der Waals surface area contributed by atoms with Crippen LogP contribution in [0.2, 0.25) is 0 Å². The lowest BCUT2D eigenvalue weighted by Crippen LogP contribution is -2.31. The number of hydrogen-bond donors (Lipinski definition) is 2. The van der Waals surface area contributed by atoms with Crippen molar-refractivity contribution in [1.82, 2.24) is 10.1 Å². The van der Waals surface area contributed by atoms with E-state index in [1.54, 1.807) is 49.5 Å². The summed E-state index contributed by atoms with van der Waals surface area (Å²) in [6.07, 6.45) is 1.53. The van der Waals surface area contributed by atoms with Crippen molar-refractivity contribution in [2.75, 3.05) is 31.0 Å². The zero-order valence-corrected chi connectivity index (χ0v) is 23.9. The number of amides is 1. The molecule has 10 nitrogen and oxygen atoms in total. The molecule has 0 aliphatic rings. The second-order valence-corrected chi connectivity index (χ2v) is 9.61. The van der Waals surface area contributed by atoms with E-state index in [2.05, 4.69) is 15.5 Å². The first-order chi connectivity index (χ1) is 20.2. The Kier molecular flexibility index (Phi) is 7.79. The number of carboxylic acid groups (broad SMARTS) is 1. The summed E-state index contributed by atoms with van der Waals surface area (Å²) in [5, 5.41) is 17.6. The van der Waals surface area contributed by atoms with Gasteiger partial charge in [-0.05, 0) is 50.6 Å². The first-order valence-electron chi connectivity index (χ1n) is 13.2. The number of rotatable bonds is 9. The quantitative estimate of drug-likeness (QED) is 0.202. The normalized spacial score (nSPS) is 10.9. The highest BCUT2D eigenvalue weighted by Gasteiger charge is 2.24. The maximum atomic E-state index is 14.2. The fourth-order valence-electron chi connectivity index (χ4n) is 4.95. The molecule has 2 heterocycles. The van der Waals surface area contributed by atoms with Crippen LogP contribution in [0.15, 0.2) is 71.4 Å². The van der Waals surface area contributed by atoms with E-state index in [-0.39, 0.29) is 11.5 Å². The number of aromatic nitrogens is 2. The molecular weight excluding hydrogens is 536 g/mol. The average molecular weight is 567 g/mol. The van der Waals surface area contributed by atoms with Crippen molar-refractivity contribution in [3.05, 3.63) is 89.4 Å². The molecule has 0 radical (unpaired) electrons. The molecule has 10 heteroatoms. The van der Waals surface area contributed by atoms with Gasteiger partial charge in [-0.25, -0.2) is 4.79 Å². The second-order valence-electron chi connectivity index (χ2n) is 9.61. The van der Waals surface area contributed by atoms with Gasteiger partial charge in [0.25, 0.3) is 5.91 Å². The van der Waals surface area contributed by atoms with Gasteiger partial charge in [-0.3, -0.25) is 9.78 Å². The molecule has 2 aromatic heterocycles. The SMILES string of the molecule is CCN(C(=O)c1cnc2cc(-c3c(C)noc3C)ccc2c1Nc1cccc(C(=O)O)c1)c1cc(OC)cc(OC)c1. The maximum absolute atomic E-state index is 14.2. The number of carboxylic acids is 1. The summed E-state index contributed by atoms with van der Waals surface area (Å²) in [7, 11) is 3.10. The van der Waals surface area contributed by atoms with Crippen molar-refractivity contribution in [3.8, 4) is 22.6 Å². The van der Waals surface area contributed by atoms with Gasteiger partial charge in [0.1, 0.15) is 17.3 Å². The standard InChI is InChI=1S/C32H30N4O6/c1-6-36(23-14-24(40-4)16-25(15-23)41-5)31(37)27-17-33-28-13-20(29-18(2)35-42-19(29)3)10-11-26(28)30(27)34-22-9-7-8-21(12-22)32(38)39/h7-17H,6H2,1-5H3,(H,33,34)(H,38,39). The molecule has 3 aromatic carbocycles. The first-order valence-corrected chi connectivity index (χ1v) is 13.2. The minimum atomic E-state index is -1.05. The van der Waals surface area contributed by atoms with Gasteiger partial charge in [-0.1, -0.05) is 23.4 Å². The van der Waals surface area contributed by atoms with Crippen LogP contribution in [0.4, 0.5) is 17.1 Å². The molecule has 0 saturated heterocycles. The van der Waals surface area contributed by atoms with Gasteiger partial charge in [0.05, 0.1) is 47.9 Å². The van der Waals surface area contributed by atoms with Crippen molar-refractivity contribution in [1.29, 1.82) is 0 Å². The van der Waals surface area contributed by atoms with Crippen LogP contribution in [0.25, 0.3) is 22.0 Å². The Morgan fingerprint density at radius 3 is 2.36 bits per heavy atom. The topological polar surface area (TPSA) is 127 Å². The second kappa shape index (κ2) is 11.6. The van der Waals surface area contributed by atoms with E-state index < -0.39 is 5.97 Å². The Labute approximate surface area is 242 Å². The van der Waals surface area contributed by atoms with E-state index in [0.29, 0.717) is 57.3 Å². The molecule has 2 N–H and O–H groups in total. The number of ether oxygens (including phenoxy) is 2. The fraction of sp³-hybridized carbons (Fsp3) is 0.188. The third-order valence-corrected chi connectivity index (χ3v) is 7.01. The van der Waals surface area contributed by atoms with E-state index in [0.717, 1.165) is 16.8 Å². The van der Waals surface area contributed by atoms with Crippen LogP contribution in [0.5, 0.6) is 11.5 Å². The molecule has 0 fully saturated rings. The monoisotopic (exact) mass is 566 g/mol. The summed E-state index contributed by atoms with van der Waals surface area (Å²) >= 11 is 0. The molecule has 42 heavy (non-hydrogen) atoms. The van der Waals surface area contributed by atoms with Crippen molar-refractivity contribution >= 4 is 39.8 Å². The van der Waals surface area contributed by atoms with Gasteiger partial charge in [0, 0.05) is 47.6 Å². The maximum Gasteiger partial charge on any atom is 0.335 e. The van der Waals surface area contributed by atoms with Crippen LogP contribution < -0.4 is 19.7 Å². The minimum absolute atomic E-state index is 0.116. The smallest absolute Gasteiger partial charge is 0.335 e. The van der Waals surface area contributed by atoms with E-state index in [9.17, 15) is 14.7 Å². The van der Waals surface area contributed by atoms with E-state index >= 15 is 0 Å². The summed E-state index contributed by atoms with van der Waals surface area (Å²) in [4.78, 5) is 32.1. The number of carbonyl (C=O) groups excluding carboxylic acids is 1. The lowest BCUT2D eigenvalue weighted by molar-refractivity contribution is 0.0696.